The highest BCUT2D eigenvalue weighted by Gasteiger charge is 2.35. The first-order valence-electron chi connectivity index (χ1n) is 14.5. The molecule has 224 valence electrons. The predicted octanol–water partition coefficient (Wildman–Crippen LogP) is 5.50. The number of hydrogen-bond donors (Lipinski definition) is 4. The second kappa shape index (κ2) is 12.0. The number of para-hydroxylation sites is 1. The second-order valence-corrected chi connectivity index (χ2v) is 11.8. The molecule has 1 aromatic heterocycles. The number of amides is 1. The van der Waals surface area contributed by atoms with Gasteiger partial charge in [-0.15, -0.1) is 0 Å². The Balaban J connectivity index is 1.65. The number of benzene rings is 3. The highest BCUT2D eigenvalue weighted by molar-refractivity contribution is 6.33. The summed E-state index contributed by atoms with van der Waals surface area (Å²) in [5.74, 6) is -0.509. The Labute approximate surface area is 253 Å². The number of aromatic hydroxyl groups is 1. The van der Waals surface area contributed by atoms with Crippen LogP contribution in [0.15, 0.2) is 69.9 Å². The van der Waals surface area contributed by atoms with Crippen LogP contribution < -0.4 is 15.6 Å². The fourth-order valence-corrected chi connectivity index (χ4v) is 6.80. The van der Waals surface area contributed by atoms with Crippen molar-refractivity contribution in [2.45, 2.75) is 37.3 Å². The fraction of sp³-hybridized carbons (Fsp3) is 0.333. The number of rotatable bonds is 5. The summed E-state index contributed by atoms with van der Waals surface area (Å²) < 4.78 is 6.47. The van der Waals surface area contributed by atoms with Crippen LogP contribution in [0.5, 0.6) is 5.75 Å². The number of piperidine rings is 2. The first-order valence-corrected chi connectivity index (χ1v) is 14.9. The number of anilines is 1. The van der Waals surface area contributed by atoms with Crippen molar-refractivity contribution in [2.24, 2.45) is 0 Å². The van der Waals surface area contributed by atoms with Gasteiger partial charge in [-0.2, -0.15) is 0 Å². The zero-order valence-corrected chi connectivity index (χ0v) is 24.6. The molecule has 0 bridgehead atoms. The summed E-state index contributed by atoms with van der Waals surface area (Å²) in [5, 5.41) is 36.9. The lowest BCUT2D eigenvalue weighted by molar-refractivity contribution is 0.0641. The molecule has 2 fully saturated rings. The molecule has 4 aromatic rings. The maximum atomic E-state index is 13.6. The van der Waals surface area contributed by atoms with Crippen LogP contribution >= 0.6 is 11.6 Å². The molecule has 1 unspecified atom stereocenters. The molecule has 0 saturated carbocycles. The number of likely N-dealkylation sites (tertiary alicyclic amines) is 1. The minimum absolute atomic E-state index is 0.00438. The third-order valence-corrected chi connectivity index (χ3v) is 8.94. The topological polar surface area (TPSA) is 126 Å². The molecule has 0 spiro atoms. The van der Waals surface area contributed by atoms with Gasteiger partial charge >= 0.3 is 6.09 Å². The Kier molecular flexibility index (Phi) is 8.15. The first kappa shape index (κ1) is 29.2. The molecule has 10 heteroatoms. The number of fused-ring (bicyclic) bond motifs is 1. The van der Waals surface area contributed by atoms with E-state index in [-0.39, 0.29) is 28.5 Å². The van der Waals surface area contributed by atoms with Gasteiger partial charge in [-0.1, -0.05) is 41.9 Å². The molecule has 4 N–H and O–H groups in total. The average molecular weight is 604 g/mol. The molecule has 2 saturated heterocycles. The number of halogens is 1. The third kappa shape index (κ3) is 5.49. The number of nitrogens with zero attached hydrogens (tertiary/aromatic N) is 2. The van der Waals surface area contributed by atoms with Crippen LogP contribution in [0.4, 0.5) is 10.5 Å². The predicted molar refractivity (Wildman–Crippen MR) is 167 cm³/mol. The number of phenolic OH excluding ortho intramolecular Hbond substituents is 1. The van der Waals surface area contributed by atoms with Crippen LogP contribution in [0.1, 0.15) is 30.7 Å². The number of aliphatic hydroxyl groups is 1. The van der Waals surface area contributed by atoms with E-state index >= 15 is 0 Å². The van der Waals surface area contributed by atoms with Crippen molar-refractivity contribution in [1.82, 2.24) is 10.2 Å². The number of hydrogen-bond acceptors (Lipinski definition) is 7. The molecular formula is C33H34ClN3O6. The van der Waals surface area contributed by atoms with Crippen molar-refractivity contribution in [3.8, 4) is 28.2 Å². The van der Waals surface area contributed by atoms with Gasteiger partial charge in [0.25, 0.3) is 0 Å². The van der Waals surface area contributed by atoms with E-state index in [4.69, 9.17) is 16.0 Å². The molecule has 1 amide bonds. The van der Waals surface area contributed by atoms with Gasteiger partial charge in [0, 0.05) is 41.8 Å². The van der Waals surface area contributed by atoms with Crippen LogP contribution in [-0.2, 0) is 0 Å². The molecule has 3 heterocycles. The van der Waals surface area contributed by atoms with E-state index in [1.807, 2.05) is 24.1 Å². The van der Waals surface area contributed by atoms with Crippen molar-refractivity contribution in [1.29, 1.82) is 0 Å². The average Bonchev–Trinajstić information content (AvgIpc) is 2.98. The van der Waals surface area contributed by atoms with E-state index in [1.54, 1.807) is 36.4 Å². The SMILES string of the molecule is CN1CC[C@H](c2c(-c3ccccc3N(C(=O)O)C3CCCNC3)cc(O)c3c(=O)cc(-c4ccccc4Cl)oc23)[C@H](O)C1. The Morgan fingerprint density at radius 1 is 1.07 bits per heavy atom. The molecule has 0 aliphatic carbocycles. The van der Waals surface area contributed by atoms with Gasteiger partial charge in [-0.25, -0.2) is 4.79 Å². The largest absolute Gasteiger partial charge is 0.507 e. The summed E-state index contributed by atoms with van der Waals surface area (Å²) in [6, 6.07) is 16.7. The first-order chi connectivity index (χ1) is 20.7. The standard InChI is InChI=1S/C33H34ClN3O6/c1-36-14-12-22(28(40)18-36)30-23(20-8-3-5-11-25(20)37(33(41)42)19-7-6-13-35-17-19)15-26(38)31-27(39)16-29(43-32(30)31)21-9-2-4-10-24(21)34/h2-5,8-11,15-16,19,22,28,35,38,40H,6-7,12-14,17-18H2,1H3,(H,41,42)/t19?,22-,28+/m0/s1. The number of phenols is 1. The number of carbonyl (C=O) groups is 1. The maximum absolute atomic E-state index is 13.6. The highest BCUT2D eigenvalue weighted by Crippen LogP contribution is 2.46. The van der Waals surface area contributed by atoms with E-state index in [0.29, 0.717) is 65.4 Å². The van der Waals surface area contributed by atoms with E-state index < -0.39 is 23.5 Å². The Morgan fingerprint density at radius 2 is 1.81 bits per heavy atom. The molecule has 0 radical (unpaired) electrons. The molecule has 2 aliphatic heterocycles. The normalized spacial score (nSPS) is 21.1. The number of carboxylic acid groups (broad SMARTS) is 1. The summed E-state index contributed by atoms with van der Waals surface area (Å²) in [5.41, 5.74) is 2.29. The van der Waals surface area contributed by atoms with Gasteiger partial charge in [0.15, 0.2) is 5.43 Å². The van der Waals surface area contributed by atoms with Crippen molar-refractivity contribution in [3.63, 3.8) is 0 Å². The van der Waals surface area contributed by atoms with Gasteiger partial charge in [0.1, 0.15) is 22.5 Å². The molecule has 3 aromatic carbocycles. The molecule has 2 aliphatic rings. The lowest BCUT2D eigenvalue weighted by Crippen LogP contribution is -2.48. The van der Waals surface area contributed by atoms with E-state index in [0.717, 1.165) is 13.0 Å². The summed E-state index contributed by atoms with van der Waals surface area (Å²) >= 11 is 6.48. The zero-order chi connectivity index (χ0) is 30.2. The molecule has 43 heavy (non-hydrogen) atoms. The lowest BCUT2D eigenvalue weighted by atomic mass is 9.81. The van der Waals surface area contributed by atoms with Crippen LogP contribution in [0.25, 0.3) is 33.4 Å². The smallest absolute Gasteiger partial charge is 0.412 e. The quantitative estimate of drug-likeness (QED) is 0.235. The van der Waals surface area contributed by atoms with Crippen LogP contribution in [0.2, 0.25) is 5.02 Å². The number of aliphatic hydroxyl groups excluding tert-OH is 1. The summed E-state index contributed by atoms with van der Waals surface area (Å²) in [6.07, 6.45) is 0.218. The Bertz CT molecular complexity index is 1730. The lowest BCUT2D eigenvalue weighted by Gasteiger charge is -2.36. The molecule has 6 rings (SSSR count). The molecule has 9 nitrogen and oxygen atoms in total. The van der Waals surface area contributed by atoms with Crippen molar-refractivity contribution in [3.05, 3.63) is 81.5 Å². The van der Waals surface area contributed by atoms with Crippen molar-refractivity contribution in [2.75, 3.05) is 38.1 Å². The summed E-state index contributed by atoms with van der Waals surface area (Å²) in [7, 11) is 1.93. The Morgan fingerprint density at radius 3 is 2.51 bits per heavy atom. The maximum Gasteiger partial charge on any atom is 0.412 e. The van der Waals surface area contributed by atoms with Crippen LogP contribution in [0, 0.1) is 0 Å². The van der Waals surface area contributed by atoms with Crippen molar-refractivity contribution < 1.29 is 24.5 Å². The van der Waals surface area contributed by atoms with Gasteiger partial charge in [0.2, 0.25) is 0 Å². The number of nitrogens with one attached hydrogen (secondary N) is 1. The molecular weight excluding hydrogens is 570 g/mol. The summed E-state index contributed by atoms with van der Waals surface area (Å²) in [6.45, 7) is 2.43. The minimum atomic E-state index is -1.08. The minimum Gasteiger partial charge on any atom is -0.507 e. The van der Waals surface area contributed by atoms with Gasteiger partial charge in [0.05, 0.1) is 22.9 Å². The second-order valence-electron chi connectivity index (χ2n) is 11.4. The highest BCUT2D eigenvalue weighted by atomic mass is 35.5. The van der Waals surface area contributed by atoms with Gasteiger partial charge in [-0.3, -0.25) is 9.69 Å². The van der Waals surface area contributed by atoms with E-state index in [9.17, 15) is 24.9 Å². The number of β-amino-alcohol motifs (C(OH)–C–C–N with tert-alkyl or cyclic N) is 1. The van der Waals surface area contributed by atoms with E-state index in [2.05, 4.69) is 5.32 Å². The zero-order valence-electron chi connectivity index (χ0n) is 23.8. The Hall–Kier alpha value is -3.89. The van der Waals surface area contributed by atoms with Crippen LogP contribution in [0.3, 0.4) is 0 Å². The van der Waals surface area contributed by atoms with E-state index in [1.165, 1.54) is 17.0 Å². The summed E-state index contributed by atoms with van der Waals surface area (Å²) in [4.78, 5) is 29.7. The number of likely N-dealkylation sites (N-methyl/N-ethyl adjacent to an activating group) is 1. The van der Waals surface area contributed by atoms with Gasteiger partial charge < -0.3 is 30.0 Å². The van der Waals surface area contributed by atoms with Crippen LogP contribution in [-0.4, -0.2) is 71.7 Å². The van der Waals surface area contributed by atoms with Gasteiger partial charge in [-0.05, 0) is 69.2 Å². The molecule has 3 atom stereocenters. The third-order valence-electron chi connectivity index (χ3n) is 8.61. The monoisotopic (exact) mass is 603 g/mol. The fourth-order valence-electron chi connectivity index (χ4n) is 6.57. The van der Waals surface area contributed by atoms with Crippen molar-refractivity contribution >= 4 is 34.4 Å².